The summed E-state index contributed by atoms with van der Waals surface area (Å²) in [6.45, 7) is 4.41. The van der Waals surface area contributed by atoms with Crippen molar-refractivity contribution in [1.82, 2.24) is 10.6 Å². The third-order valence-electron chi connectivity index (χ3n) is 3.15. The number of hydrogen-bond acceptors (Lipinski definition) is 2. The second kappa shape index (κ2) is 10.1. The Labute approximate surface area is 135 Å². The van der Waals surface area contributed by atoms with Crippen molar-refractivity contribution in [3.05, 3.63) is 35.4 Å². The van der Waals surface area contributed by atoms with Gasteiger partial charge in [0.05, 0.1) is 5.56 Å². The minimum absolute atomic E-state index is 0.280. The van der Waals surface area contributed by atoms with E-state index in [2.05, 4.69) is 15.6 Å². The standard InChI is InChI=1S/C16H24F3N3O/c1-3-23-10-5-4-9-21-15(20-2)22-12-13-7-6-8-14(11-13)16(17,18)19/h6-8,11H,3-5,9-10,12H2,1-2H3,(H2,20,21,22). The van der Waals surface area contributed by atoms with E-state index in [1.165, 1.54) is 6.07 Å². The highest BCUT2D eigenvalue weighted by Gasteiger charge is 2.30. The van der Waals surface area contributed by atoms with Crippen LogP contribution in [-0.4, -0.2) is 32.8 Å². The number of hydrogen-bond donors (Lipinski definition) is 2. The second-order valence-electron chi connectivity index (χ2n) is 4.95. The lowest BCUT2D eigenvalue weighted by Gasteiger charge is -2.13. The summed E-state index contributed by atoms with van der Waals surface area (Å²) < 4.78 is 43.2. The highest BCUT2D eigenvalue weighted by atomic mass is 19.4. The van der Waals surface area contributed by atoms with Gasteiger partial charge in [-0.25, -0.2) is 0 Å². The highest BCUT2D eigenvalue weighted by Crippen LogP contribution is 2.29. The molecule has 0 atom stereocenters. The molecular weight excluding hydrogens is 307 g/mol. The summed E-state index contributed by atoms with van der Waals surface area (Å²) in [5.41, 5.74) is -0.0882. The third-order valence-corrected chi connectivity index (χ3v) is 3.15. The molecule has 4 nitrogen and oxygen atoms in total. The Bertz CT molecular complexity index is 490. The molecule has 0 fully saturated rings. The van der Waals surface area contributed by atoms with Crippen LogP contribution < -0.4 is 10.6 Å². The van der Waals surface area contributed by atoms with Crippen molar-refractivity contribution in [2.45, 2.75) is 32.5 Å². The van der Waals surface area contributed by atoms with Crippen LogP contribution in [0, 0.1) is 0 Å². The lowest BCUT2D eigenvalue weighted by molar-refractivity contribution is -0.137. The summed E-state index contributed by atoms with van der Waals surface area (Å²) in [6.07, 6.45) is -2.44. The van der Waals surface area contributed by atoms with Gasteiger partial charge in [0.2, 0.25) is 0 Å². The van der Waals surface area contributed by atoms with Gasteiger partial charge >= 0.3 is 6.18 Å². The largest absolute Gasteiger partial charge is 0.416 e. The van der Waals surface area contributed by atoms with Crippen molar-refractivity contribution < 1.29 is 17.9 Å². The normalized spacial score (nSPS) is 12.3. The fraction of sp³-hybridized carbons (Fsp3) is 0.562. The van der Waals surface area contributed by atoms with Crippen LogP contribution >= 0.6 is 0 Å². The lowest BCUT2D eigenvalue weighted by Crippen LogP contribution is -2.37. The van der Waals surface area contributed by atoms with Gasteiger partial charge in [-0.1, -0.05) is 12.1 Å². The summed E-state index contributed by atoms with van der Waals surface area (Å²) >= 11 is 0. The number of halogens is 3. The fourth-order valence-electron chi connectivity index (χ4n) is 1.94. The van der Waals surface area contributed by atoms with Crippen molar-refractivity contribution in [2.75, 3.05) is 26.8 Å². The van der Waals surface area contributed by atoms with Crippen LogP contribution in [0.2, 0.25) is 0 Å². The second-order valence-corrected chi connectivity index (χ2v) is 4.95. The molecule has 0 radical (unpaired) electrons. The summed E-state index contributed by atoms with van der Waals surface area (Å²) in [5.74, 6) is 0.568. The van der Waals surface area contributed by atoms with Gasteiger partial charge in [0.25, 0.3) is 0 Å². The van der Waals surface area contributed by atoms with Gasteiger partial charge in [0.15, 0.2) is 5.96 Å². The van der Waals surface area contributed by atoms with Crippen molar-refractivity contribution in [1.29, 1.82) is 0 Å². The zero-order valence-corrected chi connectivity index (χ0v) is 13.5. The zero-order chi connectivity index (χ0) is 17.1. The number of unbranched alkanes of at least 4 members (excludes halogenated alkanes) is 1. The van der Waals surface area contributed by atoms with E-state index in [4.69, 9.17) is 4.74 Å². The van der Waals surface area contributed by atoms with Gasteiger partial charge in [0.1, 0.15) is 0 Å². The molecule has 23 heavy (non-hydrogen) atoms. The first-order valence-electron chi connectivity index (χ1n) is 7.65. The van der Waals surface area contributed by atoms with E-state index >= 15 is 0 Å². The molecule has 0 heterocycles. The summed E-state index contributed by atoms with van der Waals surface area (Å²) in [4.78, 5) is 4.05. The molecular formula is C16H24F3N3O. The Morgan fingerprint density at radius 3 is 2.65 bits per heavy atom. The molecule has 0 unspecified atom stereocenters. The van der Waals surface area contributed by atoms with Gasteiger partial charge < -0.3 is 15.4 Å². The van der Waals surface area contributed by atoms with Crippen LogP contribution in [0.1, 0.15) is 30.9 Å². The summed E-state index contributed by atoms with van der Waals surface area (Å²) in [7, 11) is 1.63. The summed E-state index contributed by atoms with van der Waals surface area (Å²) in [5, 5.41) is 6.13. The molecule has 1 aromatic carbocycles. The van der Waals surface area contributed by atoms with Crippen molar-refractivity contribution in [2.24, 2.45) is 4.99 Å². The molecule has 0 amide bonds. The first-order chi connectivity index (χ1) is 11.0. The number of ether oxygens (including phenoxy) is 1. The minimum Gasteiger partial charge on any atom is -0.382 e. The molecule has 0 aliphatic rings. The topological polar surface area (TPSA) is 45.6 Å². The lowest BCUT2D eigenvalue weighted by atomic mass is 10.1. The van der Waals surface area contributed by atoms with E-state index in [0.29, 0.717) is 18.1 Å². The first kappa shape index (κ1) is 19.3. The van der Waals surface area contributed by atoms with E-state index in [-0.39, 0.29) is 6.54 Å². The number of nitrogens with one attached hydrogen (secondary N) is 2. The quantitative estimate of drug-likeness (QED) is 0.437. The predicted octanol–water partition coefficient (Wildman–Crippen LogP) is 3.19. The zero-order valence-electron chi connectivity index (χ0n) is 13.5. The number of aliphatic imine (C=N–C) groups is 1. The fourth-order valence-corrected chi connectivity index (χ4v) is 1.94. The molecule has 0 saturated carbocycles. The molecule has 0 spiro atoms. The van der Waals surface area contributed by atoms with Crippen LogP contribution in [0.15, 0.2) is 29.3 Å². The molecule has 7 heteroatoms. The van der Waals surface area contributed by atoms with Crippen LogP contribution in [0.4, 0.5) is 13.2 Å². The van der Waals surface area contributed by atoms with Gasteiger partial charge in [-0.3, -0.25) is 4.99 Å². The molecule has 0 saturated heterocycles. The van der Waals surface area contributed by atoms with Crippen LogP contribution in [-0.2, 0) is 17.5 Å². The van der Waals surface area contributed by atoms with Crippen LogP contribution in [0.3, 0.4) is 0 Å². The Kier molecular flexibility index (Phi) is 8.47. The van der Waals surface area contributed by atoms with Gasteiger partial charge in [-0.15, -0.1) is 0 Å². The predicted molar refractivity (Wildman–Crippen MR) is 85.4 cm³/mol. The Morgan fingerprint density at radius 2 is 2.00 bits per heavy atom. The Hall–Kier alpha value is -1.76. The molecule has 130 valence electrons. The number of alkyl halides is 3. The average molecular weight is 331 g/mol. The van der Waals surface area contributed by atoms with E-state index < -0.39 is 11.7 Å². The maximum Gasteiger partial charge on any atom is 0.416 e. The number of rotatable bonds is 8. The number of nitrogens with zero attached hydrogens (tertiary/aromatic N) is 1. The van der Waals surface area contributed by atoms with E-state index in [0.717, 1.165) is 38.1 Å². The maximum absolute atomic E-state index is 12.7. The maximum atomic E-state index is 12.7. The number of benzene rings is 1. The van der Waals surface area contributed by atoms with Crippen LogP contribution in [0.25, 0.3) is 0 Å². The van der Waals surface area contributed by atoms with E-state index in [1.807, 2.05) is 6.92 Å². The molecule has 0 bridgehead atoms. The van der Waals surface area contributed by atoms with E-state index in [9.17, 15) is 13.2 Å². The SMILES string of the molecule is CCOCCCCNC(=NC)NCc1cccc(C(F)(F)F)c1. The van der Waals surface area contributed by atoms with Gasteiger partial charge in [-0.05, 0) is 37.5 Å². The van der Waals surface area contributed by atoms with Crippen molar-refractivity contribution in [3.63, 3.8) is 0 Å². The van der Waals surface area contributed by atoms with Crippen LogP contribution in [0.5, 0.6) is 0 Å². The smallest absolute Gasteiger partial charge is 0.382 e. The third kappa shape index (κ3) is 7.88. The highest BCUT2D eigenvalue weighted by molar-refractivity contribution is 5.79. The molecule has 0 aromatic heterocycles. The Morgan fingerprint density at radius 1 is 1.22 bits per heavy atom. The van der Waals surface area contributed by atoms with Gasteiger partial charge in [-0.2, -0.15) is 13.2 Å². The molecule has 0 aliphatic heterocycles. The Balaban J connectivity index is 2.37. The summed E-state index contributed by atoms with van der Waals surface area (Å²) in [6, 6.07) is 5.26. The molecule has 2 N–H and O–H groups in total. The minimum atomic E-state index is -4.32. The van der Waals surface area contributed by atoms with Gasteiger partial charge in [0, 0.05) is 33.4 Å². The number of guanidine groups is 1. The molecule has 1 rings (SSSR count). The van der Waals surface area contributed by atoms with Crippen molar-refractivity contribution in [3.8, 4) is 0 Å². The van der Waals surface area contributed by atoms with Crippen molar-refractivity contribution >= 4 is 5.96 Å². The molecule has 1 aromatic rings. The van der Waals surface area contributed by atoms with E-state index in [1.54, 1.807) is 13.1 Å². The monoisotopic (exact) mass is 331 g/mol. The molecule has 0 aliphatic carbocycles. The average Bonchev–Trinajstić information content (AvgIpc) is 2.53. The first-order valence-corrected chi connectivity index (χ1v) is 7.65.